The van der Waals surface area contributed by atoms with Gasteiger partial charge in [-0.2, -0.15) is 0 Å². The molecular formula is C15H18FN5O2. The molecule has 1 heterocycles. The van der Waals surface area contributed by atoms with E-state index in [4.69, 9.17) is 21.4 Å². The van der Waals surface area contributed by atoms with E-state index in [1.54, 1.807) is 18.3 Å². The van der Waals surface area contributed by atoms with Crippen LogP contribution in [0.15, 0.2) is 41.6 Å². The number of benzene rings is 1. The predicted octanol–water partition coefficient (Wildman–Crippen LogP) is 0.837. The molecule has 0 atom stereocenters. The van der Waals surface area contributed by atoms with Crippen molar-refractivity contribution in [1.29, 1.82) is 0 Å². The lowest BCUT2D eigenvalue weighted by Gasteiger charge is -2.15. The van der Waals surface area contributed by atoms with Crippen LogP contribution in [0.2, 0.25) is 0 Å². The number of methoxy groups -OCH3 is 1. The number of hydrazone groups is 1. The number of hydrogen-bond acceptors (Lipinski definition) is 6. The predicted molar refractivity (Wildman–Crippen MR) is 84.6 cm³/mol. The van der Waals surface area contributed by atoms with Crippen LogP contribution in [0.1, 0.15) is 5.56 Å². The summed E-state index contributed by atoms with van der Waals surface area (Å²) in [5.74, 6) is 5.81. The van der Waals surface area contributed by atoms with Crippen molar-refractivity contribution in [3.8, 4) is 17.0 Å². The monoisotopic (exact) mass is 319 g/mol. The molecule has 0 unspecified atom stereocenters. The van der Waals surface area contributed by atoms with Gasteiger partial charge in [0.05, 0.1) is 13.7 Å². The summed E-state index contributed by atoms with van der Waals surface area (Å²) in [6.07, 6.45) is 1.59. The van der Waals surface area contributed by atoms with E-state index in [2.05, 4.69) is 10.1 Å². The molecule has 0 saturated heterocycles. The van der Waals surface area contributed by atoms with Crippen LogP contribution in [0.25, 0.3) is 11.1 Å². The number of pyridine rings is 1. The second kappa shape index (κ2) is 7.52. The molecule has 23 heavy (non-hydrogen) atoms. The van der Waals surface area contributed by atoms with Gasteiger partial charge in [-0.05, 0) is 29.3 Å². The molecule has 2 rings (SSSR count). The second-order valence-corrected chi connectivity index (χ2v) is 4.75. The van der Waals surface area contributed by atoms with Gasteiger partial charge in [0, 0.05) is 11.8 Å². The van der Waals surface area contributed by atoms with Crippen molar-refractivity contribution >= 4 is 5.84 Å². The fraction of sp³-hybridized carbons (Fsp3) is 0.200. The molecule has 0 saturated carbocycles. The summed E-state index contributed by atoms with van der Waals surface area (Å²) in [5, 5.41) is 13.7. The minimum Gasteiger partial charge on any atom is -0.481 e. The van der Waals surface area contributed by atoms with Gasteiger partial charge in [-0.25, -0.2) is 20.3 Å². The number of nitrogens with zero attached hydrogens (tertiary/aromatic N) is 3. The lowest BCUT2D eigenvalue weighted by molar-refractivity contribution is 0.281. The van der Waals surface area contributed by atoms with E-state index in [1.165, 1.54) is 19.2 Å². The second-order valence-electron chi connectivity index (χ2n) is 4.75. The highest BCUT2D eigenvalue weighted by Gasteiger charge is 2.10. The Morgan fingerprint density at radius 2 is 2.09 bits per heavy atom. The fourth-order valence-corrected chi connectivity index (χ4v) is 2.00. The zero-order valence-electron chi connectivity index (χ0n) is 12.6. The highest BCUT2D eigenvalue weighted by Crippen LogP contribution is 2.29. The van der Waals surface area contributed by atoms with Crippen LogP contribution in [0, 0.1) is 5.82 Å². The smallest absolute Gasteiger partial charge is 0.221 e. The molecule has 2 aromatic rings. The molecule has 7 nitrogen and oxygen atoms in total. The Morgan fingerprint density at radius 3 is 2.70 bits per heavy atom. The van der Waals surface area contributed by atoms with E-state index in [9.17, 15) is 4.39 Å². The molecule has 122 valence electrons. The first kappa shape index (κ1) is 16.7. The highest BCUT2D eigenvalue weighted by atomic mass is 19.1. The third-order valence-corrected chi connectivity index (χ3v) is 3.02. The number of nitrogens with two attached hydrogens (primary N) is 2. The molecule has 0 spiro atoms. The van der Waals surface area contributed by atoms with Crippen LogP contribution < -0.4 is 16.3 Å². The van der Waals surface area contributed by atoms with E-state index in [-0.39, 0.29) is 24.8 Å². The van der Waals surface area contributed by atoms with Gasteiger partial charge < -0.3 is 15.6 Å². The summed E-state index contributed by atoms with van der Waals surface area (Å²) in [7, 11) is 1.51. The summed E-state index contributed by atoms with van der Waals surface area (Å²) in [6.45, 7) is -0.152. The van der Waals surface area contributed by atoms with E-state index in [0.29, 0.717) is 11.4 Å². The number of ether oxygens (including phenoxy) is 1. The molecule has 0 bridgehead atoms. The largest absolute Gasteiger partial charge is 0.481 e. The van der Waals surface area contributed by atoms with Crippen LogP contribution in [-0.4, -0.2) is 34.8 Å². The Hall–Kier alpha value is -2.71. The summed E-state index contributed by atoms with van der Waals surface area (Å²) in [5.41, 5.74) is 7.64. The number of hydrazine groups is 1. The van der Waals surface area contributed by atoms with Crippen molar-refractivity contribution in [2.75, 3.05) is 13.7 Å². The lowest BCUT2D eigenvalue weighted by Crippen LogP contribution is -2.30. The SMILES string of the molecule is COc1ncc(CN(N)/N=C(\N)CO)cc1-c1ccc(F)cc1. The molecule has 0 amide bonds. The Morgan fingerprint density at radius 1 is 1.39 bits per heavy atom. The summed E-state index contributed by atoms with van der Waals surface area (Å²) in [4.78, 5) is 4.22. The first-order valence-corrected chi connectivity index (χ1v) is 6.78. The van der Waals surface area contributed by atoms with Gasteiger partial charge in [0.25, 0.3) is 0 Å². The Labute approximate surface area is 133 Å². The highest BCUT2D eigenvalue weighted by molar-refractivity contribution is 5.80. The van der Waals surface area contributed by atoms with Crippen molar-refractivity contribution < 1.29 is 14.2 Å². The van der Waals surface area contributed by atoms with E-state index in [0.717, 1.165) is 16.2 Å². The number of aromatic nitrogens is 1. The molecule has 5 N–H and O–H groups in total. The number of amidine groups is 1. The Balaban J connectivity index is 2.30. The van der Waals surface area contributed by atoms with Gasteiger partial charge in [0.2, 0.25) is 5.88 Å². The maximum atomic E-state index is 13.1. The molecule has 1 aromatic carbocycles. The maximum Gasteiger partial charge on any atom is 0.221 e. The quantitative estimate of drug-likeness (QED) is 0.315. The number of hydrogen-bond donors (Lipinski definition) is 3. The van der Waals surface area contributed by atoms with Crippen LogP contribution in [0.3, 0.4) is 0 Å². The Bertz CT molecular complexity index is 691. The minimum absolute atomic E-state index is 0.00716. The molecule has 1 aromatic heterocycles. The van der Waals surface area contributed by atoms with E-state index >= 15 is 0 Å². The Kier molecular flexibility index (Phi) is 5.45. The van der Waals surface area contributed by atoms with Crippen LogP contribution in [0.5, 0.6) is 5.88 Å². The third kappa shape index (κ3) is 4.38. The van der Waals surface area contributed by atoms with Crippen molar-refractivity contribution in [3.05, 3.63) is 47.9 Å². The van der Waals surface area contributed by atoms with Crippen molar-refractivity contribution in [3.63, 3.8) is 0 Å². The van der Waals surface area contributed by atoms with Crippen molar-refractivity contribution in [2.24, 2.45) is 16.7 Å². The average molecular weight is 319 g/mol. The molecule has 8 heteroatoms. The van der Waals surface area contributed by atoms with Crippen molar-refractivity contribution in [1.82, 2.24) is 10.1 Å². The molecule has 0 aliphatic heterocycles. The molecule has 0 aliphatic rings. The third-order valence-electron chi connectivity index (χ3n) is 3.02. The average Bonchev–Trinajstić information content (AvgIpc) is 2.55. The number of aliphatic hydroxyl groups excluding tert-OH is 1. The first-order valence-electron chi connectivity index (χ1n) is 6.78. The fourth-order valence-electron chi connectivity index (χ4n) is 2.00. The summed E-state index contributed by atoms with van der Waals surface area (Å²) >= 11 is 0. The standard InChI is InChI=1S/C15H18FN5O2/c1-23-15-13(11-2-4-12(16)5-3-11)6-10(7-19-15)8-21(18)20-14(17)9-22/h2-7,22H,8-9,18H2,1H3,(H2,17,20). The maximum absolute atomic E-state index is 13.1. The van der Waals surface area contributed by atoms with Crippen LogP contribution in [-0.2, 0) is 6.54 Å². The zero-order chi connectivity index (χ0) is 16.8. The zero-order valence-corrected chi connectivity index (χ0v) is 12.6. The molecule has 0 radical (unpaired) electrons. The molecular weight excluding hydrogens is 301 g/mol. The van der Waals surface area contributed by atoms with Gasteiger partial charge in [0.15, 0.2) is 0 Å². The van der Waals surface area contributed by atoms with Gasteiger partial charge in [0.1, 0.15) is 18.3 Å². The van der Waals surface area contributed by atoms with Crippen LogP contribution in [0.4, 0.5) is 4.39 Å². The molecule has 0 aliphatic carbocycles. The van der Waals surface area contributed by atoms with Gasteiger partial charge in [-0.15, -0.1) is 5.10 Å². The lowest BCUT2D eigenvalue weighted by atomic mass is 10.1. The van der Waals surface area contributed by atoms with Gasteiger partial charge in [-0.1, -0.05) is 12.1 Å². The van der Waals surface area contributed by atoms with Crippen molar-refractivity contribution in [2.45, 2.75) is 6.54 Å². The summed E-state index contributed by atoms with van der Waals surface area (Å²) < 4.78 is 18.3. The topological polar surface area (TPSA) is 110 Å². The first-order chi connectivity index (χ1) is 11.0. The van der Waals surface area contributed by atoms with Crippen LogP contribution >= 0.6 is 0 Å². The normalized spacial score (nSPS) is 11.4. The molecule has 0 fully saturated rings. The van der Waals surface area contributed by atoms with Gasteiger partial charge in [-0.3, -0.25) is 0 Å². The number of aliphatic hydroxyl groups is 1. The van der Waals surface area contributed by atoms with E-state index in [1.807, 2.05) is 6.07 Å². The van der Waals surface area contributed by atoms with E-state index < -0.39 is 0 Å². The summed E-state index contributed by atoms with van der Waals surface area (Å²) in [6, 6.07) is 7.83. The number of rotatable bonds is 6. The van der Waals surface area contributed by atoms with Gasteiger partial charge >= 0.3 is 0 Å². The minimum atomic E-state index is -0.380. The number of halogens is 1.